The molecule has 0 spiro atoms. The number of hydrogen-bond acceptors (Lipinski definition) is 6. The summed E-state index contributed by atoms with van der Waals surface area (Å²) in [4.78, 5) is 28.3. The molecule has 8 heteroatoms. The van der Waals surface area contributed by atoms with Gasteiger partial charge in [0.2, 0.25) is 0 Å². The first-order valence-electron chi connectivity index (χ1n) is 10.7. The number of aromatic nitrogens is 2. The summed E-state index contributed by atoms with van der Waals surface area (Å²) < 4.78 is 14.0. The standard InChI is InChI=1S/C24H22FN5OS/c25-17-8-5-7-16(13-17)22-23-20(9-6-10-26-23)32-21-15-27-19(14-18(21)28-22)24(31)29-30-11-3-1-2-4-12-30/h5-10,13-15H,1-4,11-12H2,(H,29,31). The number of amides is 1. The number of pyridine rings is 2. The van der Waals surface area contributed by atoms with Crippen molar-refractivity contribution in [2.24, 2.45) is 4.99 Å². The van der Waals surface area contributed by atoms with Crippen LogP contribution in [0.15, 0.2) is 69.6 Å². The maximum absolute atomic E-state index is 14.0. The van der Waals surface area contributed by atoms with Crippen molar-refractivity contribution in [3.63, 3.8) is 0 Å². The van der Waals surface area contributed by atoms with Crippen molar-refractivity contribution in [1.82, 2.24) is 20.4 Å². The van der Waals surface area contributed by atoms with Crippen molar-refractivity contribution in [3.8, 4) is 0 Å². The monoisotopic (exact) mass is 447 g/mol. The molecule has 4 heterocycles. The van der Waals surface area contributed by atoms with Gasteiger partial charge in [-0.2, -0.15) is 0 Å². The Morgan fingerprint density at radius 2 is 1.84 bits per heavy atom. The van der Waals surface area contributed by atoms with E-state index in [9.17, 15) is 9.18 Å². The zero-order valence-corrected chi connectivity index (χ0v) is 18.2. The molecule has 2 aromatic heterocycles. The summed E-state index contributed by atoms with van der Waals surface area (Å²) in [6, 6.07) is 11.8. The third-order valence-electron chi connectivity index (χ3n) is 5.49. The van der Waals surface area contributed by atoms with Crippen LogP contribution in [-0.4, -0.2) is 39.7 Å². The van der Waals surface area contributed by atoms with Gasteiger partial charge in [-0.1, -0.05) is 36.7 Å². The van der Waals surface area contributed by atoms with Crippen LogP contribution in [0.1, 0.15) is 47.4 Å². The van der Waals surface area contributed by atoms with Crippen LogP contribution in [0, 0.1) is 5.82 Å². The van der Waals surface area contributed by atoms with Crippen molar-refractivity contribution in [1.29, 1.82) is 0 Å². The summed E-state index contributed by atoms with van der Waals surface area (Å²) in [6.07, 6.45) is 7.89. The normalized spacial score (nSPS) is 16.2. The Morgan fingerprint density at radius 3 is 2.66 bits per heavy atom. The highest BCUT2D eigenvalue weighted by Crippen LogP contribution is 2.40. The SMILES string of the molecule is O=C(NN1CCCCCC1)c1cc2c(cn1)Sc1cccnc1C(c1cccc(F)c1)=N2. The Hall–Kier alpha value is -3.10. The van der Waals surface area contributed by atoms with Crippen LogP contribution in [-0.2, 0) is 0 Å². The van der Waals surface area contributed by atoms with Crippen LogP contribution in [0.25, 0.3) is 0 Å². The predicted octanol–water partition coefficient (Wildman–Crippen LogP) is 4.77. The molecule has 1 aromatic carbocycles. The second-order valence-corrected chi connectivity index (χ2v) is 8.89. The summed E-state index contributed by atoms with van der Waals surface area (Å²) in [6.45, 7) is 1.69. The maximum Gasteiger partial charge on any atom is 0.284 e. The van der Waals surface area contributed by atoms with Crippen LogP contribution in [0.3, 0.4) is 0 Å². The van der Waals surface area contributed by atoms with E-state index in [0.717, 1.165) is 35.7 Å². The maximum atomic E-state index is 14.0. The zero-order chi connectivity index (χ0) is 21.9. The lowest BCUT2D eigenvalue weighted by Gasteiger charge is -2.20. The topological polar surface area (TPSA) is 70.5 Å². The van der Waals surface area contributed by atoms with Gasteiger partial charge in [-0.05, 0) is 43.2 Å². The van der Waals surface area contributed by atoms with Gasteiger partial charge in [-0.15, -0.1) is 0 Å². The minimum Gasteiger partial charge on any atom is -0.283 e. The summed E-state index contributed by atoms with van der Waals surface area (Å²) >= 11 is 1.49. The summed E-state index contributed by atoms with van der Waals surface area (Å²) in [5.74, 6) is -0.589. The van der Waals surface area contributed by atoms with E-state index in [1.807, 2.05) is 23.2 Å². The third kappa shape index (κ3) is 4.42. The van der Waals surface area contributed by atoms with Gasteiger partial charge < -0.3 is 0 Å². The van der Waals surface area contributed by atoms with Gasteiger partial charge in [0.15, 0.2) is 0 Å². The molecule has 3 aromatic rings. The molecule has 32 heavy (non-hydrogen) atoms. The molecule has 1 fully saturated rings. The van der Waals surface area contributed by atoms with Crippen molar-refractivity contribution < 1.29 is 9.18 Å². The third-order valence-corrected chi connectivity index (χ3v) is 6.57. The van der Waals surface area contributed by atoms with E-state index in [1.165, 1.54) is 36.7 Å². The lowest BCUT2D eigenvalue weighted by atomic mass is 10.1. The Kier molecular flexibility index (Phi) is 5.96. The Balaban J connectivity index is 1.52. The van der Waals surface area contributed by atoms with Crippen molar-refractivity contribution in [3.05, 3.63) is 77.6 Å². The van der Waals surface area contributed by atoms with Crippen LogP contribution >= 0.6 is 11.8 Å². The Labute approximate surface area is 190 Å². The predicted molar refractivity (Wildman–Crippen MR) is 122 cm³/mol. The van der Waals surface area contributed by atoms with Gasteiger partial charge in [0.1, 0.15) is 17.2 Å². The van der Waals surface area contributed by atoms with Crippen molar-refractivity contribution in [2.75, 3.05) is 13.1 Å². The van der Waals surface area contributed by atoms with Crippen molar-refractivity contribution in [2.45, 2.75) is 35.5 Å². The second kappa shape index (κ2) is 9.18. The van der Waals surface area contributed by atoms with E-state index < -0.39 is 0 Å². The molecule has 5 rings (SSSR count). The summed E-state index contributed by atoms with van der Waals surface area (Å²) in [5.41, 5.74) is 5.77. The fourth-order valence-electron chi connectivity index (χ4n) is 3.89. The molecule has 0 aliphatic carbocycles. The summed E-state index contributed by atoms with van der Waals surface area (Å²) in [7, 11) is 0. The van der Waals surface area contributed by atoms with E-state index in [0.29, 0.717) is 28.4 Å². The quantitative estimate of drug-likeness (QED) is 0.490. The van der Waals surface area contributed by atoms with E-state index in [4.69, 9.17) is 4.99 Å². The largest absolute Gasteiger partial charge is 0.284 e. The first-order chi connectivity index (χ1) is 15.7. The fraction of sp³-hybridized carbons (Fsp3) is 0.250. The lowest BCUT2D eigenvalue weighted by molar-refractivity contribution is 0.0789. The second-order valence-electron chi connectivity index (χ2n) is 7.80. The number of hydrogen-bond donors (Lipinski definition) is 1. The highest BCUT2D eigenvalue weighted by atomic mass is 32.2. The van der Waals surface area contributed by atoms with Crippen LogP contribution in [0.5, 0.6) is 0 Å². The van der Waals surface area contributed by atoms with Crippen LogP contribution < -0.4 is 5.43 Å². The van der Waals surface area contributed by atoms with Crippen LogP contribution in [0.4, 0.5) is 10.1 Å². The highest BCUT2D eigenvalue weighted by molar-refractivity contribution is 7.99. The van der Waals surface area contributed by atoms with E-state index in [-0.39, 0.29) is 11.7 Å². The Bertz CT molecular complexity index is 1190. The number of halogens is 1. The molecule has 1 saturated heterocycles. The number of aliphatic imine (C=N–C) groups is 1. The number of rotatable bonds is 3. The fourth-order valence-corrected chi connectivity index (χ4v) is 4.83. The average molecular weight is 448 g/mol. The highest BCUT2D eigenvalue weighted by Gasteiger charge is 2.22. The van der Waals surface area contributed by atoms with E-state index in [1.54, 1.807) is 24.5 Å². The number of carbonyl (C=O) groups excluding carboxylic acids is 1. The number of nitrogens with zero attached hydrogens (tertiary/aromatic N) is 4. The number of hydrazine groups is 1. The minimum atomic E-state index is -0.341. The molecule has 0 bridgehead atoms. The molecule has 162 valence electrons. The first-order valence-corrected chi connectivity index (χ1v) is 11.5. The molecule has 2 aliphatic heterocycles. The molecule has 1 amide bonds. The molecule has 1 N–H and O–H groups in total. The molecule has 0 radical (unpaired) electrons. The lowest BCUT2D eigenvalue weighted by Crippen LogP contribution is -2.42. The number of fused-ring (bicyclic) bond motifs is 2. The van der Waals surface area contributed by atoms with Gasteiger partial charge in [0.05, 0.1) is 16.3 Å². The van der Waals surface area contributed by atoms with Crippen molar-refractivity contribution >= 4 is 29.1 Å². The number of nitrogens with one attached hydrogen (secondary N) is 1. The number of carbonyl (C=O) groups is 1. The molecule has 0 unspecified atom stereocenters. The Morgan fingerprint density at radius 1 is 1.00 bits per heavy atom. The summed E-state index contributed by atoms with van der Waals surface area (Å²) in [5, 5.41) is 1.97. The van der Waals surface area contributed by atoms with Gasteiger partial charge in [0, 0.05) is 35.9 Å². The molecular formula is C24H22FN5OS. The van der Waals surface area contributed by atoms with Gasteiger partial charge in [0.25, 0.3) is 5.91 Å². The molecule has 2 aliphatic rings. The zero-order valence-electron chi connectivity index (χ0n) is 17.4. The first kappa shape index (κ1) is 20.8. The molecule has 6 nitrogen and oxygen atoms in total. The minimum absolute atomic E-state index is 0.248. The molecule has 0 saturated carbocycles. The van der Waals surface area contributed by atoms with E-state index in [2.05, 4.69) is 15.4 Å². The van der Waals surface area contributed by atoms with Gasteiger partial charge >= 0.3 is 0 Å². The smallest absolute Gasteiger partial charge is 0.283 e. The number of benzene rings is 1. The van der Waals surface area contributed by atoms with Crippen LogP contribution in [0.2, 0.25) is 0 Å². The molecule has 0 atom stereocenters. The van der Waals surface area contributed by atoms with Gasteiger partial charge in [-0.25, -0.2) is 19.4 Å². The van der Waals surface area contributed by atoms with Gasteiger partial charge in [-0.3, -0.25) is 15.2 Å². The average Bonchev–Trinajstić information content (AvgIpc) is 3.15. The van der Waals surface area contributed by atoms with E-state index >= 15 is 0 Å². The molecular weight excluding hydrogens is 425 g/mol.